The molecule has 0 aliphatic carbocycles. The second-order valence-corrected chi connectivity index (χ2v) is 8.53. The van der Waals surface area contributed by atoms with Gasteiger partial charge in [-0.1, -0.05) is 22.0 Å². The second-order valence-electron chi connectivity index (χ2n) is 6.76. The van der Waals surface area contributed by atoms with E-state index in [0.29, 0.717) is 5.58 Å². The van der Waals surface area contributed by atoms with Crippen molar-refractivity contribution in [1.82, 2.24) is 9.99 Å². The molecule has 0 radical (unpaired) electrons. The minimum atomic E-state index is -0.454. The third kappa shape index (κ3) is 3.97. The summed E-state index contributed by atoms with van der Waals surface area (Å²) in [5.41, 5.74) is 6.43. The van der Waals surface area contributed by atoms with Gasteiger partial charge in [-0.15, -0.1) is 0 Å². The van der Waals surface area contributed by atoms with Crippen molar-refractivity contribution in [2.45, 2.75) is 13.8 Å². The molecule has 152 valence electrons. The van der Waals surface area contributed by atoms with Crippen molar-refractivity contribution in [3.05, 3.63) is 86.0 Å². The Hall–Kier alpha value is -2.71. The quantitative estimate of drug-likeness (QED) is 0.249. The summed E-state index contributed by atoms with van der Waals surface area (Å²) < 4.78 is 22.8. The summed E-state index contributed by atoms with van der Waals surface area (Å²) in [5, 5.41) is 4.86. The van der Waals surface area contributed by atoms with Crippen LogP contribution in [0.15, 0.2) is 67.0 Å². The molecule has 2 aromatic heterocycles. The van der Waals surface area contributed by atoms with E-state index in [1.807, 2.05) is 42.7 Å². The van der Waals surface area contributed by atoms with Gasteiger partial charge in [-0.2, -0.15) is 5.10 Å². The molecule has 0 aliphatic heterocycles. The minimum Gasteiger partial charge on any atom is -0.450 e. The molecule has 1 amide bonds. The molecule has 2 aromatic carbocycles. The number of nitrogens with zero attached hydrogens (tertiary/aromatic N) is 2. The SMILES string of the molecule is Cc1cc(/C=N\NC(=O)c2cc3cc(Br)cc(Br)c3o2)c(C)n1-c1cccc(F)c1. The number of halogens is 3. The van der Waals surface area contributed by atoms with Crippen molar-refractivity contribution in [3.8, 4) is 5.69 Å². The van der Waals surface area contributed by atoms with Crippen LogP contribution in [-0.4, -0.2) is 16.7 Å². The first-order chi connectivity index (χ1) is 14.3. The van der Waals surface area contributed by atoms with Gasteiger partial charge >= 0.3 is 5.91 Å². The Morgan fingerprint density at radius 3 is 2.73 bits per heavy atom. The lowest BCUT2D eigenvalue weighted by Gasteiger charge is -2.09. The number of carbonyl (C=O) groups excluding carboxylic acids is 1. The van der Waals surface area contributed by atoms with Crippen LogP contribution in [0.25, 0.3) is 16.7 Å². The van der Waals surface area contributed by atoms with Gasteiger partial charge in [0.1, 0.15) is 11.4 Å². The molecule has 0 unspecified atom stereocenters. The van der Waals surface area contributed by atoms with Crippen LogP contribution in [0.1, 0.15) is 27.5 Å². The summed E-state index contributed by atoms with van der Waals surface area (Å²) in [4.78, 5) is 12.4. The van der Waals surface area contributed by atoms with Crippen LogP contribution in [0, 0.1) is 19.7 Å². The van der Waals surface area contributed by atoms with E-state index in [1.165, 1.54) is 12.1 Å². The molecule has 0 atom stereocenters. The molecule has 5 nitrogen and oxygen atoms in total. The van der Waals surface area contributed by atoms with Gasteiger partial charge in [-0.3, -0.25) is 4.79 Å². The summed E-state index contributed by atoms with van der Waals surface area (Å²) in [6.45, 7) is 3.84. The fraction of sp³-hybridized carbons (Fsp3) is 0.0909. The van der Waals surface area contributed by atoms with Crippen molar-refractivity contribution in [1.29, 1.82) is 0 Å². The zero-order valence-electron chi connectivity index (χ0n) is 16.0. The largest absolute Gasteiger partial charge is 0.450 e. The number of hydrogen-bond acceptors (Lipinski definition) is 3. The zero-order valence-corrected chi connectivity index (χ0v) is 19.2. The Morgan fingerprint density at radius 1 is 1.17 bits per heavy atom. The maximum atomic E-state index is 13.6. The van der Waals surface area contributed by atoms with Crippen LogP contribution in [-0.2, 0) is 0 Å². The number of fused-ring (bicyclic) bond motifs is 1. The highest BCUT2D eigenvalue weighted by atomic mass is 79.9. The average molecular weight is 533 g/mol. The number of hydrazone groups is 1. The second kappa shape index (κ2) is 8.20. The number of hydrogen-bond donors (Lipinski definition) is 1. The van der Waals surface area contributed by atoms with Crippen molar-refractivity contribution in [2.24, 2.45) is 5.10 Å². The van der Waals surface area contributed by atoms with Gasteiger partial charge in [0.05, 0.1) is 10.7 Å². The van der Waals surface area contributed by atoms with Crippen LogP contribution in [0.4, 0.5) is 4.39 Å². The first-order valence-corrected chi connectivity index (χ1v) is 10.6. The smallest absolute Gasteiger partial charge is 0.307 e. The summed E-state index contributed by atoms with van der Waals surface area (Å²) in [6, 6.07) is 13.7. The number of benzene rings is 2. The predicted molar refractivity (Wildman–Crippen MR) is 122 cm³/mol. The van der Waals surface area contributed by atoms with Crippen molar-refractivity contribution in [2.75, 3.05) is 0 Å². The van der Waals surface area contributed by atoms with E-state index >= 15 is 0 Å². The number of amides is 1. The van der Waals surface area contributed by atoms with E-state index in [0.717, 1.165) is 37.0 Å². The van der Waals surface area contributed by atoms with Crippen molar-refractivity contribution in [3.63, 3.8) is 0 Å². The van der Waals surface area contributed by atoms with Crippen LogP contribution >= 0.6 is 31.9 Å². The molecule has 30 heavy (non-hydrogen) atoms. The topological polar surface area (TPSA) is 59.5 Å². The van der Waals surface area contributed by atoms with Crippen LogP contribution in [0.2, 0.25) is 0 Å². The third-order valence-corrected chi connectivity index (χ3v) is 5.71. The summed E-state index contributed by atoms with van der Waals surface area (Å²) in [7, 11) is 0. The van der Waals surface area contributed by atoms with Gasteiger partial charge in [0.15, 0.2) is 5.76 Å². The number of aromatic nitrogens is 1. The van der Waals surface area contributed by atoms with E-state index in [2.05, 4.69) is 42.4 Å². The third-order valence-electron chi connectivity index (χ3n) is 4.67. The first kappa shape index (κ1) is 20.6. The maximum absolute atomic E-state index is 13.6. The van der Waals surface area contributed by atoms with E-state index < -0.39 is 5.91 Å². The van der Waals surface area contributed by atoms with Gasteiger partial charge in [0, 0.05) is 32.5 Å². The highest BCUT2D eigenvalue weighted by molar-refractivity contribution is 9.11. The molecule has 0 saturated carbocycles. The number of aryl methyl sites for hydroxylation is 1. The minimum absolute atomic E-state index is 0.159. The highest BCUT2D eigenvalue weighted by Crippen LogP contribution is 2.31. The molecular formula is C22H16Br2FN3O2. The Kier molecular flexibility index (Phi) is 5.62. The predicted octanol–water partition coefficient (Wildman–Crippen LogP) is 6.27. The van der Waals surface area contributed by atoms with Crippen molar-refractivity contribution >= 4 is 55.0 Å². The lowest BCUT2D eigenvalue weighted by atomic mass is 10.2. The van der Waals surface area contributed by atoms with E-state index in [-0.39, 0.29) is 11.6 Å². The summed E-state index contributed by atoms with van der Waals surface area (Å²) >= 11 is 6.84. The van der Waals surface area contributed by atoms with Crippen LogP contribution in [0.3, 0.4) is 0 Å². The molecule has 2 heterocycles. The van der Waals surface area contributed by atoms with Gasteiger partial charge in [-0.25, -0.2) is 9.82 Å². The molecule has 0 fully saturated rings. The fourth-order valence-corrected chi connectivity index (χ4v) is 4.67. The molecular weight excluding hydrogens is 517 g/mol. The molecule has 0 saturated heterocycles. The number of furan rings is 1. The Bertz CT molecular complexity index is 1310. The average Bonchev–Trinajstić information content (AvgIpc) is 3.23. The van der Waals surface area contributed by atoms with Gasteiger partial charge in [0.2, 0.25) is 0 Å². The molecule has 0 spiro atoms. The highest BCUT2D eigenvalue weighted by Gasteiger charge is 2.15. The molecule has 0 bridgehead atoms. The van der Waals surface area contributed by atoms with Gasteiger partial charge in [-0.05, 0) is 72.2 Å². The van der Waals surface area contributed by atoms with E-state index in [1.54, 1.807) is 18.3 Å². The molecule has 8 heteroatoms. The lowest BCUT2D eigenvalue weighted by Crippen LogP contribution is -2.16. The summed E-state index contributed by atoms with van der Waals surface area (Å²) in [6.07, 6.45) is 1.56. The maximum Gasteiger partial charge on any atom is 0.307 e. The number of nitrogens with one attached hydrogen (secondary N) is 1. The van der Waals surface area contributed by atoms with Gasteiger partial charge in [0.25, 0.3) is 0 Å². The Morgan fingerprint density at radius 2 is 1.97 bits per heavy atom. The zero-order chi connectivity index (χ0) is 21.4. The molecule has 4 rings (SSSR count). The standard InChI is InChI=1S/C22H16Br2FN3O2/c1-12-6-15(13(2)28(12)18-5-3-4-17(25)10-18)11-26-27-22(29)20-8-14-7-16(23)9-19(24)21(14)30-20/h3-11H,1-2H3,(H,27,29)/b26-11-. The molecule has 0 aliphatic rings. The number of carbonyl (C=O) groups is 1. The first-order valence-electron chi connectivity index (χ1n) is 9.00. The van der Waals surface area contributed by atoms with E-state index in [9.17, 15) is 9.18 Å². The van der Waals surface area contributed by atoms with E-state index in [4.69, 9.17) is 4.42 Å². The van der Waals surface area contributed by atoms with Gasteiger partial charge < -0.3 is 8.98 Å². The van der Waals surface area contributed by atoms with Crippen LogP contribution < -0.4 is 5.43 Å². The Labute approximate surface area is 188 Å². The van der Waals surface area contributed by atoms with Crippen molar-refractivity contribution < 1.29 is 13.6 Å². The number of rotatable bonds is 4. The summed E-state index contributed by atoms with van der Waals surface area (Å²) in [5.74, 6) is -0.595. The Balaban J connectivity index is 1.54. The monoisotopic (exact) mass is 531 g/mol. The fourth-order valence-electron chi connectivity index (χ4n) is 3.33. The lowest BCUT2D eigenvalue weighted by molar-refractivity contribution is 0.0929. The molecule has 4 aromatic rings. The normalized spacial score (nSPS) is 11.5. The molecule has 1 N–H and O–H groups in total. The van der Waals surface area contributed by atoms with Crippen LogP contribution in [0.5, 0.6) is 0 Å².